The van der Waals surface area contributed by atoms with Crippen molar-refractivity contribution in [1.29, 1.82) is 0 Å². The summed E-state index contributed by atoms with van der Waals surface area (Å²) < 4.78 is 34.7. The van der Waals surface area contributed by atoms with Crippen LogP contribution < -0.4 is 14.4 Å². The number of anilines is 1. The van der Waals surface area contributed by atoms with Crippen LogP contribution in [0.25, 0.3) is 0 Å². The second-order valence-corrected chi connectivity index (χ2v) is 12.9. The minimum absolute atomic E-state index is 0.0639. The zero-order valence-corrected chi connectivity index (χ0v) is 27.0. The van der Waals surface area contributed by atoms with Crippen molar-refractivity contribution in [1.82, 2.24) is 10.2 Å². The van der Waals surface area contributed by atoms with Crippen LogP contribution in [-0.4, -0.2) is 50.9 Å². The van der Waals surface area contributed by atoms with Crippen LogP contribution in [-0.2, 0) is 32.6 Å². The van der Waals surface area contributed by atoms with Gasteiger partial charge < -0.3 is 15.0 Å². The highest BCUT2D eigenvalue weighted by atomic mass is 32.2. The fourth-order valence-corrected chi connectivity index (χ4v) is 6.42. The third-order valence-electron chi connectivity index (χ3n) is 7.66. The Morgan fingerprint density at radius 3 is 2.13 bits per heavy atom. The summed E-state index contributed by atoms with van der Waals surface area (Å²) in [5.41, 5.74) is 2.82. The Morgan fingerprint density at radius 2 is 1.49 bits per heavy atom. The van der Waals surface area contributed by atoms with E-state index in [0.29, 0.717) is 17.9 Å². The third kappa shape index (κ3) is 8.73. The van der Waals surface area contributed by atoms with E-state index in [9.17, 15) is 18.0 Å². The van der Waals surface area contributed by atoms with Crippen molar-refractivity contribution in [3.63, 3.8) is 0 Å². The van der Waals surface area contributed by atoms with Gasteiger partial charge >= 0.3 is 0 Å². The molecule has 45 heavy (non-hydrogen) atoms. The highest BCUT2D eigenvalue weighted by Crippen LogP contribution is 2.26. The summed E-state index contributed by atoms with van der Waals surface area (Å²) in [6.45, 7) is 5.31. The van der Waals surface area contributed by atoms with E-state index in [4.69, 9.17) is 4.74 Å². The zero-order valence-electron chi connectivity index (χ0n) is 26.2. The van der Waals surface area contributed by atoms with Gasteiger partial charge in [-0.1, -0.05) is 79.7 Å². The summed E-state index contributed by atoms with van der Waals surface area (Å²) >= 11 is 0. The van der Waals surface area contributed by atoms with E-state index in [1.807, 2.05) is 75.4 Å². The minimum atomic E-state index is -4.15. The van der Waals surface area contributed by atoms with Gasteiger partial charge in [0.05, 0.1) is 17.7 Å². The molecule has 2 atom stereocenters. The smallest absolute Gasteiger partial charge is 0.264 e. The first-order chi connectivity index (χ1) is 21.6. The number of sulfonamides is 1. The summed E-state index contributed by atoms with van der Waals surface area (Å²) in [5.74, 6) is -0.215. The lowest BCUT2D eigenvalue weighted by atomic mass is 10.0. The van der Waals surface area contributed by atoms with Crippen LogP contribution >= 0.6 is 0 Å². The summed E-state index contributed by atoms with van der Waals surface area (Å²) in [6.07, 6.45) is 0.957. The number of carbonyl (C=O) groups excluding carboxylic acids is 2. The van der Waals surface area contributed by atoms with Crippen molar-refractivity contribution in [2.75, 3.05) is 18.0 Å². The normalized spacial score (nSPS) is 12.5. The molecule has 0 unspecified atom stereocenters. The van der Waals surface area contributed by atoms with Crippen LogP contribution in [0.2, 0.25) is 0 Å². The predicted molar refractivity (Wildman–Crippen MR) is 178 cm³/mol. The maximum Gasteiger partial charge on any atom is 0.264 e. The second-order valence-electron chi connectivity index (χ2n) is 11.1. The molecule has 236 valence electrons. The van der Waals surface area contributed by atoms with Crippen molar-refractivity contribution in [3.8, 4) is 5.75 Å². The molecule has 9 heteroatoms. The largest absolute Gasteiger partial charge is 0.497 e. The molecule has 0 radical (unpaired) electrons. The summed E-state index contributed by atoms with van der Waals surface area (Å²) in [5, 5.41) is 3.05. The fourth-order valence-electron chi connectivity index (χ4n) is 4.99. The van der Waals surface area contributed by atoms with Crippen molar-refractivity contribution < 1.29 is 22.7 Å². The highest BCUT2D eigenvalue weighted by Gasteiger charge is 2.35. The van der Waals surface area contributed by atoms with Crippen LogP contribution in [0.5, 0.6) is 5.75 Å². The molecule has 4 aromatic rings. The molecule has 0 aliphatic carbocycles. The molecule has 0 saturated carbocycles. The summed E-state index contributed by atoms with van der Waals surface area (Å²) in [7, 11) is -2.58. The number of nitrogens with zero attached hydrogens (tertiary/aromatic N) is 2. The topological polar surface area (TPSA) is 96.0 Å². The molecule has 0 aliphatic heterocycles. The number of ether oxygens (including phenoxy) is 1. The fraction of sp³-hybridized carbons (Fsp3) is 0.278. The number of rotatable bonds is 14. The third-order valence-corrected chi connectivity index (χ3v) is 9.45. The summed E-state index contributed by atoms with van der Waals surface area (Å²) in [6, 6.07) is 30.8. The number of amides is 2. The van der Waals surface area contributed by atoms with E-state index in [2.05, 4.69) is 5.32 Å². The molecule has 0 heterocycles. The van der Waals surface area contributed by atoms with Gasteiger partial charge in [0.15, 0.2) is 0 Å². The average molecular weight is 628 g/mol. The van der Waals surface area contributed by atoms with Gasteiger partial charge in [-0.25, -0.2) is 8.42 Å². The van der Waals surface area contributed by atoms with Gasteiger partial charge in [-0.2, -0.15) is 0 Å². The number of aryl methyl sites for hydroxylation is 1. The lowest BCUT2D eigenvalue weighted by Gasteiger charge is -2.34. The van der Waals surface area contributed by atoms with E-state index in [0.717, 1.165) is 21.0 Å². The predicted octanol–water partition coefficient (Wildman–Crippen LogP) is 5.75. The number of hydrogen-bond acceptors (Lipinski definition) is 5. The van der Waals surface area contributed by atoms with Gasteiger partial charge in [0.25, 0.3) is 10.0 Å². The van der Waals surface area contributed by atoms with Gasteiger partial charge in [-0.3, -0.25) is 13.9 Å². The molecule has 0 aromatic heterocycles. The van der Waals surface area contributed by atoms with E-state index >= 15 is 0 Å². The van der Waals surface area contributed by atoms with Gasteiger partial charge in [0, 0.05) is 19.0 Å². The van der Waals surface area contributed by atoms with Gasteiger partial charge in [0.1, 0.15) is 18.3 Å². The first-order valence-corrected chi connectivity index (χ1v) is 16.5. The molecule has 0 aliphatic rings. The molecule has 0 spiro atoms. The van der Waals surface area contributed by atoms with E-state index in [-0.39, 0.29) is 29.8 Å². The van der Waals surface area contributed by atoms with Gasteiger partial charge in [-0.05, 0) is 73.4 Å². The van der Waals surface area contributed by atoms with Crippen LogP contribution in [0.4, 0.5) is 5.69 Å². The molecule has 4 aromatic carbocycles. The lowest BCUT2D eigenvalue weighted by Crippen LogP contribution is -2.54. The van der Waals surface area contributed by atoms with Gasteiger partial charge in [0.2, 0.25) is 11.8 Å². The van der Waals surface area contributed by atoms with E-state index in [1.165, 1.54) is 17.0 Å². The number of nitrogens with one attached hydrogen (secondary N) is 1. The van der Waals surface area contributed by atoms with Crippen LogP contribution in [0.3, 0.4) is 0 Å². The standard InChI is InChI=1S/C36H41N3O5S/c1-5-28(3)37-36(41)34(24-29-15-8-6-9-16-29)38(25-30-17-13-19-32(23-30)44-4)35(40)26-39(31-18-12-14-27(2)22-31)45(42,43)33-20-10-7-11-21-33/h6-23,28,34H,5,24-26H2,1-4H3,(H,37,41)/t28-,34+/m0/s1. The Bertz CT molecular complexity index is 1680. The lowest BCUT2D eigenvalue weighted by molar-refractivity contribution is -0.140. The monoisotopic (exact) mass is 627 g/mol. The molecular formula is C36H41N3O5S. The van der Waals surface area contributed by atoms with Gasteiger partial charge in [-0.15, -0.1) is 0 Å². The molecular weight excluding hydrogens is 586 g/mol. The molecule has 8 nitrogen and oxygen atoms in total. The van der Waals surface area contributed by atoms with Crippen molar-refractivity contribution >= 4 is 27.5 Å². The SMILES string of the molecule is CC[C@H](C)NC(=O)[C@@H](Cc1ccccc1)N(Cc1cccc(OC)c1)C(=O)CN(c1cccc(C)c1)S(=O)(=O)c1ccccc1. The zero-order chi connectivity index (χ0) is 32.4. The molecule has 4 rings (SSSR count). The maximum atomic E-state index is 14.5. The summed E-state index contributed by atoms with van der Waals surface area (Å²) in [4.78, 5) is 30.0. The Kier molecular flexibility index (Phi) is 11.4. The first kappa shape index (κ1) is 33.3. The Hall–Kier alpha value is -4.63. The molecule has 1 N–H and O–H groups in total. The molecule has 0 fully saturated rings. The van der Waals surface area contributed by atoms with E-state index < -0.39 is 28.5 Å². The van der Waals surface area contributed by atoms with Crippen LogP contribution in [0, 0.1) is 6.92 Å². The Labute approximate surface area is 266 Å². The van der Waals surface area contributed by atoms with Crippen molar-refractivity contribution in [3.05, 3.63) is 126 Å². The van der Waals surface area contributed by atoms with Crippen LogP contribution in [0.15, 0.2) is 114 Å². The van der Waals surface area contributed by atoms with Crippen molar-refractivity contribution in [2.45, 2.75) is 57.1 Å². The van der Waals surface area contributed by atoms with Crippen LogP contribution in [0.1, 0.15) is 37.0 Å². The van der Waals surface area contributed by atoms with Crippen molar-refractivity contribution in [2.24, 2.45) is 0 Å². The Morgan fingerprint density at radius 1 is 0.844 bits per heavy atom. The number of carbonyl (C=O) groups is 2. The Balaban J connectivity index is 1.81. The molecule has 2 amide bonds. The number of hydrogen-bond donors (Lipinski definition) is 1. The van der Waals surface area contributed by atoms with E-state index in [1.54, 1.807) is 49.6 Å². The molecule has 0 bridgehead atoms. The maximum absolute atomic E-state index is 14.5. The minimum Gasteiger partial charge on any atom is -0.497 e. The highest BCUT2D eigenvalue weighted by molar-refractivity contribution is 7.92. The first-order valence-electron chi connectivity index (χ1n) is 15.0. The number of benzene rings is 4. The quantitative estimate of drug-likeness (QED) is 0.192. The molecule has 0 saturated heterocycles. The second kappa shape index (κ2) is 15.4. The average Bonchev–Trinajstić information content (AvgIpc) is 3.05. The number of methoxy groups -OCH3 is 1.